The lowest BCUT2D eigenvalue weighted by atomic mass is 10.4. The Hall–Kier alpha value is -2.02. The molecule has 0 aliphatic rings. The Bertz CT molecular complexity index is 353. The fourth-order valence-corrected chi connectivity index (χ4v) is 0.866. The average molecular weight is 287 g/mol. The normalized spacial score (nSPS) is 9.50. The molecule has 0 atom stereocenters. The lowest BCUT2D eigenvalue weighted by Gasteiger charge is -2.08. The van der Waals surface area contributed by atoms with Crippen molar-refractivity contribution in [2.75, 3.05) is 33.2 Å². The second-order valence-corrected chi connectivity index (χ2v) is 3.85. The van der Waals surface area contributed by atoms with E-state index in [0.29, 0.717) is 11.3 Å². The fraction of sp³-hybridized carbons (Fsp3) is 0.538. The van der Waals surface area contributed by atoms with Crippen molar-refractivity contribution in [3.05, 3.63) is 24.5 Å². The van der Waals surface area contributed by atoms with Crippen LogP contribution in [0.5, 0.6) is 0 Å². The van der Waals surface area contributed by atoms with E-state index in [-0.39, 0.29) is 33.2 Å². The van der Waals surface area contributed by atoms with E-state index in [2.05, 4.69) is 18.5 Å². The zero-order valence-electron chi connectivity index (χ0n) is 11.9. The van der Waals surface area contributed by atoms with Crippen LogP contribution in [0.25, 0.3) is 0 Å². The van der Waals surface area contributed by atoms with Crippen LogP contribution in [0.3, 0.4) is 0 Å². The average Bonchev–Trinajstić information content (AvgIpc) is 2.37. The highest BCUT2D eigenvalue weighted by atomic mass is 16.7. The van der Waals surface area contributed by atoms with Gasteiger partial charge in [-0.05, 0) is 13.8 Å². The molecule has 0 aliphatic heterocycles. The number of ether oxygens (including phenoxy) is 4. The molecule has 0 aromatic heterocycles. The summed E-state index contributed by atoms with van der Waals surface area (Å²) in [6.07, 6.45) is -0.610. The summed E-state index contributed by atoms with van der Waals surface area (Å²) < 4.78 is 19.5. The quantitative estimate of drug-likeness (QED) is 0.215. The molecule has 0 bridgehead atoms. The number of allylic oxidation sites excluding steroid dienone is 1. The minimum atomic E-state index is -0.610. The van der Waals surface area contributed by atoms with Gasteiger partial charge in [-0.3, -0.25) is 0 Å². The third-order valence-corrected chi connectivity index (χ3v) is 1.80. The summed E-state index contributed by atoms with van der Waals surface area (Å²) in [5, 5.41) is 2.42. The third kappa shape index (κ3) is 11.1. The van der Waals surface area contributed by atoms with E-state index < -0.39 is 12.1 Å². The molecule has 1 amide bonds. The molecule has 0 heterocycles. The number of carbonyl (C=O) groups excluding carboxylic acids is 2. The van der Waals surface area contributed by atoms with Crippen LogP contribution in [0.4, 0.5) is 4.79 Å². The summed E-state index contributed by atoms with van der Waals surface area (Å²) in [5.41, 5.74) is 0.307. The highest BCUT2D eigenvalue weighted by Gasteiger charge is 2.04. The van der Waals surface area contributed by atoms with Gasteiger partial charge in [0.05, 0.1) is 18.9 Å². The number of alkyl carbamates (subject to hydrolysis) is 1. The Labute approximate surface area is 118 Å². The second-order valence-electron chi connectivity index (χ2n) is 3.85. The summed E-state index contributed by atoms with van der Waals surface area (Å²) >= 11 is 0. The van der Waals surface area contributed by atoms with Crippen molar-refractivity contribution in [2.24, 2.45) is 0 Å². The number of hydrogen-bond donors (Lipinski definition) is 1. The predicted molar refractivity (Wildman–Crippen MR) is 71.8 cm³/mol. The summed E-state index contributed by atoms with van der Waals surface area (Å²) in [7, 11) is 0. The topological polar surface area (TPSA) is 83.1 Å². The molecule has 0 radical (unpaired) electrons. The number of rotatable bonds is 10. The van der Waals surface area contributed by atoms with Gasteiger partial charge in [-0.1, -0.05) is 13.2 Å². The standard InChI is InChI=1S/C13H21NO6/c1-10(2)12(15)18-6-5-14-13(16)19-8-7-17-9-20-11(3)4/h1,3,5-9H2,2,4H3,(H,14,16). The maximum absolute atomic E-state index is 11.2. The molecule has 0 aromatic rings. The van der Waals surface area contributed by atoms with Crippen molar-refractivity contribution < 1.29 is 28.5 Å². The molecule has 0 unspecified atom stereocenters. The van der Waals surface area contributed by atoms with Gasteiger partial charge >= 0.3 is 12.1 Å². The van der Waals surface area contributed by atoms with E-state index >= 15 is 0 Å². The van der Waals surface area contributed by atoms with Crippen LogP contribution in [0, 0.1) is 0 Å². The molecule has 7 nitrogen and oxygen atoms in total. The second kappa shape index (κ2) is 10.9. The first-order chi connectivity index (χ1) is 9.43. The molecule has 20 heavy (non-hydrogen) atoms. The Morgan fingerprint density at radius 1 is 1.00 bits per heavy atom. The van der Waals surface area contributed by atoms with Crippen LogP contribution >= 0.6 is 0 Å². The first-order valence-corrected chi connectivity index (χ1v) is 6.02. The van der Waals surface area contributed by atoms with Crippen LogP contribution < -0.4 is 5.32 Å². The number of hydrogen-bond acceptors (Lipinski definition) is 6. The van der Waals surface area contributed by atoms with Gasteiger partial charge < -0.3 is 24.3 Å². The Balaban J connectivity index is 3.39. The summed E-state index contributed by atoms with van der Waals surface area (Å²) in [4.78, 5) is 22.2. The summed E-state index contributed by atoms with van der Waals surface area (Å²) in [5.74, 6) is 0.0547. The van der Waals surface area contributed by atoms with Crippen molar-refractivity contribution in [1.29, 1.82) is 0 Å². The zero-order valence-corrected chi connectivity index (χ0v) is 11.9. The highest BCUT2D eigenvalue weighted by molar-refractivity contribution is 5.86. The van der Waals surface area contributed by atoms with E-state index in [0.717, 1.165) is 0 Å². The van der Waals surface area contributed by atoms with E-state index in [1.54, 1.807) is 13.8 Å². The van der Waals surface area contributed by atoms with Gasteiger partial charge in [0.2, 0.25) is 0 Å². The first kappa shape index (κ1) is 18.0. The number of nitrogens with one attached hydrogen (secondary N) is 1. The van der Waals surface area contributed by atoms with Crippen molar-refractivity contribution in [1.82, 2.24) is 5.32 Å². The molecule has 0 saturated carbocycles. The van der Waals surface area contributed by atoms with Gasteiger partial charge in [-0.25, -0.2) is 9.59 Å². The molecule has 0 aliphatic carbocycles. The lowest BCUT2D eigenvalue weighted by Crippen LogP contribution is -2.29. The maximum Gasteiger partial charge on any atom is 0.407 e. The lowest BCUT2D eigenvalue weighted by molar-refractivity contribution is -0.138. The monoisotopic (exact) mass is 287 g/mol. The van der Waals surface area contributed by atoms with Crippen LogP contribution in [0.15, 0.2) is 24.5 Å². The van der Waals surface area contributed by atoms with Gasteiger partial charge in [-0.15, -0.1) is 0 Å². The molecular weight excluding hydrogens is 266 g/mol. The largest absolute Gasteiger partial charge is 0.473 e. The van der Waals surface area contributed by atoms with Crippen molar-refractivity contribution in [2.45, 2.75) is 13.8 Å². The van der Waals surface area contributed by atoms with Crippen LogP contribution in [0.1, 0.15) is 13.8 Å². The molecule has 0 saturated heterocycles. The smallest absolute Gasteiger partial charge is 0.407 e. The van der Waals surface area contributed by atoms with Gasteiger partial charge in [0.15, 0.2) is 6.79 Å². The molecule has 0 rings (SSSR count). The zero-order chi connectivity index (χ0) is 15.4. The SMILES string of the molecule is C=C(C)OCOCCOC(=O)NCCOC(=O)C(=C)C. The minimum Gasteiger partial charge on any atom is -0.473 e. The van der Waals surface area contributed by atoms with E-state index in [4.69, 9.17) is 18.9 Å². The molecule has 0 aromatic carbocycles. The van der Waals surface area contributed by atoms with Crippen LogP contribution in [-0.4, -0.2) is 45.2 Å². The van der Waals surface area contributed by atoms with E-state index in [1.165, 1.54) is 0 Å². The van der Waals surface area contributed by atoms with Crippen LogP contribution in [0.2, 0.25) is 0 Å². The Morgan fingerprint density at radius 2 is 1.70 bits per heavy atom. The van der Waals surface area contributed by atoms with Gasteiger partial charge in [0, 0.05) is 5.57 Å². The maximum atomic E-state index is 11.2. The molecule has 0 fully saturated rings. The van der Waals surface area contributed by atoms with Crippen molar-refractivity contribution in [3.8, 4) is 0 Å². The van der Waals surface area contributed by atoms with E-state index in [1.807, 2.05) is 0 Å². The number of esters is 1. The van der Waals surface area contributed by atoms with Crippen molar-refractivity contribution >= 4 is 12.1 Å². The van der Waals surface area contributed by atoms with Gasteiger partial charge in [0.25, 0.3) is 0 Å². The van der Waals surface area contributed by atoms with E-state index in [9.17, 15) is 9.59 Å². The third-order valence-electron chi connectivity index (χ3n) is 1.80. The molecule has 7 heteroatoms. The highest BCUT2D eigenvalue weighted by Crippen LogP contribution is 1.91. The minimum absolute atomic E-state index is 0.0593. The molecular formula is C13H21NO6. The number of amides is 1. The molecule has 1 N–H and O–H groups in total. The predicted octanol–water partition coefficient (Wildman–Crippen LogP) is 1.36. The van der Waals surface area contributed by atoms with Crippen LogP contribution in [-0.2, 0) is 23.7 Å². The molecule has 0 spiro atoms. The Kier molecular flexibility index (Phi) is 9.76. The van der Waals surface area contributed by atoms with Crippen molar-refractivity contribution in [3.63, 3.8) is 0 Å². The molecule has 114 valence electrons. The Morgan fingerprint density at radius 3 is 2.30 bits per heavy atom. The fourth-order valence-electron chi connectivity index (χ4n) is 0.866. The first-order valence-electron chi connectivity index (χ1n) is 6.02. The summed E-state index contributed by atoms with van der Waals surface area (Å²) in [6.45, 7) is 10.8. The number of carbonyl (C=O) groups is 2. The van der Waals surface area contributed by atoms with Gasteiger partial charge in [0.1, 0.15) is 13.2 Å². The van der Waals surface area contributed by atoms with Gasteiger partial charge in [-0.2, -0.15) is 0 Å². The summed E-state index contributed by atoms with van der Waals surface area (Å²) in [6, 6.07) is 0.